The number of hydrogen-bond donors (Lipinski definition) is 1. The summed E-state index contributed by atoms with van der Waals surface area (Å²) in [6, 6.07) is 5.17. The fraction of sp³-hybridized carbons (Fsp3) is 0.500. The third-order valence-corrected chi connectivity index (χ3v) is 4.46. The number of hydrogen-bond acceptors (Lipinski definition) is 4. The summed E-state index contributed by atoms with van der Waals surface area (Å²) in [6.07, 6.45) is 4.04. The van der Waals surface area contributed by atoms with E-state index in [1.165, 1.54) is 10.6 Å². The average molecular weight is 283 g/mol. The van der Waals surface area contributed by atoms with Crippen molar-refractivity contribution in [3.8, 4) is 0 Å². The minimum Gasteiger partial charge on any atom is -0.348 e. The lowest BCUT2D eigenvalue weighted by atomic mass is 10.1. The Labute approximate surface area is 112 Å². The summed E-state index contributed by atoms with van der Waals surface area (Å²) in [5, 5.41) is 2.88. The van der Waals surface area contributed by atoms with Crippen LogP contribution in [0.15, 0.2) is 24.4 Å². The SMILES string of the molecule is CS(=O)(=O)N1CCC(NC(=O)c2ccccn2)CC1. The minimum atomic E-state index is -3.12. The highest BCUT2D eigenvalue weighted by Gasteiger charge is 2.25. The fourth-order valence-electron chi connectivity index (χ4n) is 2.09. The summed E-state index contributed by atoms with van der Waals surface area (Å²) in [4.78, 5) is 15.9. The lowest BCUT2D eigenvalue weighted by Crippen LogP contribution is -2.46. The Morgan fingerprint density at radius 3 is 2.58 bits per heavy atom. The Morgan fingerprint density at radius 1 is 1.37 bits per heavy atom. The van der Waals surface area contributed by atoms with Crippen molar-refractivity contribution >= 4 is 15.9 Å². The van der Waals surface area contributed by atoms with Gasteiger partial charge in [0.1, 0.15) is 5.69 Å². The molecular weight excluding hydrogens is 266 g/mol. The number of carbonyl (C=O) groups is 1. The van der Waals surface area contributed by atoms with E-state index in [9.17, 15) is 13.2 Å². The first-order chi connectivity index (χ1) is 8.97. The molecule has 6 nitrogen and oxygen atoms in total. The van der Waals surface area contributed by atoms with Gasteiger partial charge in [0.2, 0.25) is 10.0 Å². The van der Waals surface area contributed by atoms with Crippen LogP contribution in [0.3, 0.4) is 0 Å². The van der Waals surface area contributed by atoms with E-state index in [2.05, 4.69) is 10.3 Å². The van der Waals surface area contributed by atoms with Crippen molar-refractivity contribution in [2.24, 2.45) is 0 Å². The number of piperidine rings is 1. The van der Waals surface area contributed by atoms with E-state index in [-0.39, 0.29) is 11.9 Å². The summed E-state index contributed by atoms with van der Waals surface area (Å²) in [7, 11) is -3.12. The predicted octanol–water partition coefficient (Wildman–Crippen LogP) is 0.235. The molecule has 7 heteroatoms. The second kappa shape index (κ2) is 5.66. The van der Waals surface area contributed by atoms with Gasteiger partial charge in [0.05, 0.1) is 6.26 Å². The van der Waals surface area contributed by atoms with Gasteiger partial charge < -0.3 is 5.32 Å². The van der Waals surface area contributed by atoms with Crippen LogP contribution in [0, 0.1) is 0 Å². The normalized spacial score (nSPS) is 18.2. The highest BCUT2D eigenvalue weighted by atomic mass is 32.2. The van der Waals surface area contributed by atoms with Crippen LogP contribution in [0.5, 0.6) is 0 Å². The number of nitrogens with zero attached hydrogens (tertiary/aromatic N) is 2. The highest BCUT2D eigenvalue weighted by Crippen LogP contribution is 2.13. The van der Waals surface area contributed by atoms with Crippen LogP contribution in [-0.4, -0.2) is 49.0 Å². The minimum absolute atomic E-state index is 0.00695. The number of rotatable bonds is 3. The lowest BCUT2D eigenvalue weighted by Gasteiger charge is -2.30. The first-order valence-electron chi connectivity index (χ1n) is 6.14. The van der Waals surface area contributed by atoms with Crippen LogP contribution in [0.1, 0.15) is 23.3 Å². The molecule has 0 aliphatic carbocycles. The largest absolute Gasteiger partial charge is 0.348 e. The molecule has 0 unspecified atom stereocenters. The highest BCUT2D eigenvalue weighted by molar-refractivity contribution is 7.88. The van der Waals surface area contributed by atoms with Gasteiger partial charge in [-0.1, -0.05) is 6.07 Å². The van der Waals surface area contributed by atoms with E-state index in [0.29, 0.717) is 31.6 Å². The second-order valence-corrected chi connectivity index (χ2v) is 6.61. The molecule has 0 spiro atoms. The topological polar surface area (TPSA) is 79.4 Å². The molecule has 1 aromatic heterocycles. The maximum absolute atomic E-state index is 11.9. The van der Waals surface area contributed by atoms with E-state index < -0.39 is 10.0 Å². The fourth-order valence-corrected chi connectivity index (χ4v) is 2.96. The molecule has 1 amide bonds. The number of nitrogens with one attached hydrogen (secondary N) is 1. The van der Waals surface area contributed by atoms with Gasteiger partial charge in [-0.05, 0) is 25.0 Å². The van der Waals surface area contributed by atoms with Crippen molar-refractivity contribution in [2.75, 3.05) is 19.3 Å². The van der Waals surface area contributed by atoms with Crippen molar-refractivity contribution in [1.82, 2.24) is 14.6 Å². The molecule has 0 aromatic carbocycles. The molecule has 1 aliphatic heterocycles. The molecule has 1 saturated heterocycles. The van der Waals surface area contributed by atoms with E-state index in [1.807, 2.05) is 0 Å². The number of carbonyl (C=O) groups excluding carboxylic acids is 1. The Balaban J connectivity index is 1.88. The molecule has 104 valence electrons. The van der Waals surface area contributed by atoms with Crippen molar-refractivity contribution in [2.45, 2.75) is 18.9 Å². The van der Waals surface area contributed by atoms with Crippen LogP contribution in [0.25, 0.3) is 0 Å². The van der Waals surface area contributed by atoms with Gasteiger partial charge in [-0.25, -0.2) is 12.7 Å². The molecular formula is C12H17N3O3S. The number of sulfonamides is 1. The van der Waals surface area contributed by atoms with E-state index in [0.717, 1.165) is 0 Å². The summed E-state index contributed by atoms with van der Waals surface area (Å²) < 4.78 is 24.2. The molecule has 2 heterocycles. The van der Waals surface area contributed by atoms with Gasteiger partial charge in [0, 0.05) is 25.3 Å². The Morgan fingerprint density at radius 2 is 2.05 bits per heavy atom. The third kappa shape index (κ3) is 3.74. The van der Waals surface area contributed by atoms with Crippen LogP contribution in [-0.2, 0) is 10.0 Å². The smallest absolute Gasteiger partial charge is 0.270 e. The maximum atomic E-state index is 11.9. The molecule has 1 aromatic rings. The van der Waals surface area contributed by atoms with Crippen molar-refractivity contribution < 1.29 is 13.2 Å². The second-order valence-electron chi connectivity index (χ2n) is 4.62. The zero-order valence-corrected chi connectivity index (χ0v) is 11.6. The standard InChI is InChI=1S/C12H17N3O3S/c1-19(17,18)15-8-5-10(6-9-15)14-12(16)11-4-2-3-7-13-11/h2-4,7,10H,5-6,8-9H2,1H3,(H,14,16). The van der Waals surface area contributed by atoms with Gasteiger partial charge in [0.25, 0.3) is 5.91 Å². The molecule has 1 aliphatic rings. The van der Waals surface area contributed by atoms with E-state index in [4.69, 9.17) is 0 Å². The van der Waals surface area contributed by atoms with Crippen LogP contribution in [0.2, 0.25) is 0 Å². The summed E-state index contributed by atoms with van der Waals surface area (Å²) in [5.41, 5.74) is 0.382. The third-order valence-electron chi connectivity index (χ3n) is 3.16. The number of amides is 1. The zero-order valence-electron chi connectivity index (χ0n) is 10.7. The Hall–Kier alpha value is -1.47. The lowest BCUT2D eigenvalue weighted by molar-refractivity contribution is 0.0919. The molecule has 0 radical (unpaired) electrons. The molecule has 0 bridgehead atoms. The Kier molecular flexibility index (Phi) is 4.16. The molecule has 1 fully saturated rings. The molecule has 0 saturated carbocycles. The maximum Gasteiger partial charge on any atom is 0.270 e. The van der Waals surface area contributed by atoms with Gasteiger partial charge >= 0.3 is 0 Å². The van der Waals surface area contributed by atoms with Crippen LogP contribution in [0.4, 0.5) is 0 Å². The molecule has 2 rings (SSSR count). The summed E-state index contributed by atoms with van der Waals surface area (Å²) in [6.45, 7) is 0.901. The number of pyridine rings is 1. The number of aromatic nitrogens is 1. The summed E-state index contributed by atoms with van der Waals surface area (Å²) >= 11 is 0. The van der Waals surface area contributed by atoms with Crippen LogP contribution < -0.4 is 5.32 Å². The predicted molar refractivity (Wildman–Crippen MR) is 71.1 cm³/mol. The molecule has 0 atom stereocenters. The van der Waals surface area contributed by atoms with Crippen molar-refractivity contribution in [3.63, 3.8) is 0 Å². The monoisotopic (exact) mass is 283 g/mol. The zero-order chi connectivity index (χ0) is 13.9. The quantitative estimate of drug-likeness (QED) is 0.861. The average Bonchev–Trinajstić information content (AvgIpc) is 2.39. The molecule has 19 heavy (non-hydrogen) atoms. The van der Waals surface area contributed by atoms with Crippen LogP contribution >= 0.6 is 0 Å². The van der Waals surface area contributed by atoms with Crippen molar-refractivity contribution in [3.05, 3.63) is 30.1 Å². The first-order valence-corrected chi connectivity index (χ1v) is 7.98. The van der Waals surface area contributed by atoms with E-state index in [1.54, 1.807) is 24.4 Å². The summed E-state index contributed by atoms with van der Waals surface area (Å²) in [5.74, 6) is -0.210. The van der Waals surface area contributed by atoms with Gasteiger partial charge in [-0.15, -0.1) is 0 Å². The van der Waals surface area contributed by atoms with Crippen molar-refractivity contribution in [1.29, 1.82) is 0 Å². The first kappa shape index (κ1) is 14.0. The van der Waals surface area contributed by atoms with E-state index >= 15 is 0 Å². The van der Waals surface area contributed by atoms with Gasteiger partial charge in [0.15, 0.2) is 0 Å². The Bertz CT molecular complexity index is 537. The van der Waals surface area contributed by atoms with Gasteiger partial charge in [-0.2, -0.15) is 0 Å². The van der Waals surface area contributed by atoms with Gasteiger partial charge in [-0.3, -0.25) is 9.78 Å². The molecule has 1 N–H and O–H groups in total.